The van der Waals surface area contributed by atoms with E-state index in [-0.39, 0.29) is 0 Å². The van der Waals surface area contributed by atoms with Crippen LogP contribution < -0.4 is 5.43 Å². The number of rotatable bonds is 5. The zero-order chi connectivity index (χ0) is 15.6. The van der Waals surface area contributed by atoms with Gasteiger partial charge in [-0.1, -0.05) is 30.4 Å². The van der Waals surface area contributed by atoms with Crippen LogP contribution in [0.1, 0.15) is 18.5 Å². The first-order valence-corrected chi connectivity index (χ1v) is 7.40. The van der Waals surface area contributed by atoms with Gasteiger partial charge in [-0.3, -0.25) is 15.4 Å². The molecule has 0 aromatic carbocycles. The molecule has 0 spiro atoms. The fourth-order valence-electron chi connectivity index (χ4n) is 1.77. The molecule has 0 saturated carbocycles. The Hall–Kier alpha value is -2.18. The molecule has 2 heterocycles. The average molecular weight is 314 g/mol. The predicted molar refractivity (Wildman–Crippen MR) is 93.3 cm³/mol. The number of ether oxygens (including phenoxy) is 1. The lowest BCUT2D eigenvalue weighted by Crippen LogP contribution is -2.31. The summed E-state index contributed by atoms with van der Waals surface area (Å²) in [5, 5.41) is 4.36. The van der Waals surface area contributed by atoms with Gasteiger partial charge in [-0.25, -0.2) is 0 Å². The average Bonchev–Trinajstić information content (AvgIpc) is 2.58. The minimum absolute atomic E-state index is 0.454. The van der Waals surface area contributed by atoms with Crippen molar-refractivity contribution in [1.82, 2.24) is 10.4 Å². The van der Waals surface area contributed by atoms with Crippen LogP contribution in [0.15, 0.2) is 59.4 Å². The lowest BCUT2D eigenvalue weighted by Gasteiger charge is -2.16. The van der Waals surface area contributed by atoms with Crippen LogP contribution in [0.4, 0.5) is 0 Å². The van der Waals surface area contributed by atoms with Crippen molar-refractivity contribution in [2.45, 2.75) is 12.8 Å². The van der Waals surface area contributed by atoms with Crippen LogP contribution in [0.2, 0.25) is 0 Å². The summed E-state index contributed by atoms with van der Waals surface area (Å²) in [6.07, 6.45) is 8.67. The number of aromatic nitrogens is 1. The monoisotopic (exact) mass is 314 g/mol. The molecule has 6 heteroatoms. The summed E-state index contributed by atoms with van der Waals surface area (Å²) in [4.78, 5) is 9.06. The highest BCUT2D eigenvalue weighted by Gasteiger charge is 2.15. The first-order valence-electron chi connectivity index (χ1n) is 7.00. The molecule has 0 aliphatic carbocycles. The van der Waals surface area contributed by atoms with Gasteiger partial charge in [0, 0.05) is 18.8 Å². The van der Waals surface area contributed by atoms with Gasteiger partial charge in [-0.05, 0) is 18.6 Å². The third-order valence-electron chi connectivity index (χ3n) is 2.88. The maximum atomic E-state index is 5.42. The summed E-state index contributed by atoms with van der Waals surface area (Å²) in [6, 6.07) is 5.57. The summed E-state index contributed by atoms with van der Waals surface area (Å²) >= 11 is 5.27. The van der Waals surface area contributed by atoms with E-state index in [0.29, 0.717) is 30.3 Å². The standard InChI is InChI=1S/C16H18N4OS/c1-2-3-5-9-18-15-12-21-11-8-13(15)19-20-16(22)14-7-4-6-10-17-14/h2,4-7,9-10H,1,3,8,11-12H2,(H,20,22)/b9-5-,18-15+,19-13-. The fourth-order valence-corrected chi connectivity index (χ4v) is 1.94. The molecule has 1 fully saturated rings. The van der Waals surface area contributed by atoms with E-state index in [4.69, 9.17) is 17.0 Å². The van der Waals surface area contributed by atoms with Gasteiger partial charge in [0.05, 0.1) is 30.3 Å². The minimum atomic E-state index is 0.454. The predicted octanol–water partition coefficient (Wildman–Crippen LogP) is 2.65. The molecule has 0 amide bonds. The lowest BCUT2D eigenvalue weighted by atomic mass is 10.1. The highest BCUT2D eigenvalue weighted by Crippen LogP contribution is 2.03. The van der Waals surface area contributed by atoms with Gasteiger partial charge in [-0.15, -0.1) is 6.58 Å². The topological polar surface area (TPSA) is 58.9 Å². The first kappa shape index (κ1) is 16.2. The molecule has 0 bridgehead atoms. The van der Waals surface area contributed by atoms with Gasteiger partial charge in [0.15, 0.2) is 0 Å². The van der Waals surface area contributed by atoms with Crippen LogP contribution in [0.25, 0.3) is 0 Å². The second-order valence-corrected chi connectivity index (χ2v) is 4.91. The van der Waals surface area contributed by atoms with Crippen molar-refractivity contribution in [3.05, 3.63) is 55.0 Å². The van der Waals surface area contributed by atoms with Crippen molar-refractivity contribution in [2.75, 3.05) is 13.2 Å². The van der Waals surface area contributed by atoms with E-state index in [1.165, 1.54) is 0 Å². The minimum Gasteiger partial charge on any atom is -0.375 e. The molecule has 5 nitrogen and oxygen atoms in total. The molecule has 22 heavy (non-hydrogen) atoms. The van der Waals surface area contributed by atoms with Crippen LogP contribution >= 0.6 is 12.2 Å². The highest BCUT2D eigenvalue weighted by atomic mass is 32.1. The summed E-state index contributed by atoms with van der Waals surface area (Å²) < 4.78 is 5.42. The normalized spacial score (nSPS) is 18.7. The van der Waals surface area contributed by atoms with Crippen LogP contribution in [-0.2, 0) is 4.74 Å². The molecule has 0 unspecified atom stereocenters. The summed E-state index contributed by atoms with van der Waals surface area (Å²) in [5.74, 6) is 0. The van der Waals surface area contributed by atoms with Crippen LogP contribution in [0.3, 0.4) is 0 Å². The fraction of sp³-hybridized carbons (Fsp3) is 0.250. The Morgan fingerprint density at radius 3 is 3.14 bits per heavy atom. The Balaban J connectivity index is 2.04. The zero-order valence-electron chi connectivity index (χ0n) is 12.2. The molecule has 2 rings (SSSR count). The quantitative estimate of drug-likeness (QED) is 0.516. The second-order valence-electron chi connectivity index (χ2n) is 4.50. The first-order chi connectivity index (χ1) is 10.8. The summed E-state index contributed by atoms with van der Waals surface area (Å²) in [5.41, 5.74) is 5.24. The molecular formula is C16H18N4OS. The molecule has 1 aromatic heterocycles. The van der Waals surface area contributed by atoms with Gasteiger partial charge in [0.25, 0.3) is 0 Å². The van der Waals surface area contributed by atoms with Crippen molar-refractivity contribution < 1.29 is 4.74 Å². The Labute approximate surface area is 135 Å². The Morgan fingerprint density at radius 2 is 2.36 bits per heavy atom. The Morgan fingerprint density at radius 1 is 1.45 bits per heavy atom. The van der Waals surface area contributed by atoms with E-state index in [1.807, 2.05) is 30.4 Å². The molecule has 0 atom stereocenters. The maximum Gasteiger partial charge on any atom is 0.145 e. The van der Waals surface area contributed by atoms with Gasteiger partial charge in [-0.2, -0.15) is 5.10 Å². The molecule has 1 saturated heterocycles. The van der Waals surface area contributed by atoms with Gasteiger partial charge >= 0.3 is 0 Å². The number of pyridine rings is 1. The number of nitrogens with one attached hydrogen (secondary N) is 1. The number of thiocarbonyl (C=S) groups is 1. The van der Waals surface area contributed by atoms with E-state index < -0.39 is 0 Å². The van der Waals surface area contributed by atoms with Crippen molar-refractivity contribution in [3.63, 3.8) is 0 Å². The number of aliphatic imine (C=N–C) groups is 1. The third kappa shape index (κ3) is 4.98. The molecule has 114 valence electrons. The SMILES string of the molecule is C=CC\C=C/N=C1\COCC\C1=N\NC(=S)c1ccccn1. The van der Waals surface area contributed by atoms with Crippen LogP contribution in [-0.4, -0.2) is 34.6 Å². The van der Waals surface area contributed by atoms with E-state index in [0.717, 1.165) is 17.8 Å². The number of hydrogen-bond acceptors (Lipinski definition) is 5. The number of nitrogens with zero attached hydrogens (tertiary/aromatic N) is 3. The second kappa shape index (κ2) is 8.96. The molecule has 0 radical (unpaired) electrons. The Kier molecular flexibility index (Phi) is 6.60. The number of hydrazone groups is 1. The zero-order valence-corrected chi connectivity index (χ0v) is 13.1. The van der Waals surface area contributed by atoms with Crippen molar-refractivity contribution in [3.8, 4) is 0 Å². The van der Waals surface area contributed by atoms with Crippen molar-refractivity contribution in [1.29, 1.82) is 0 Å². The maximum absolute atomic E-state index is 5.42. The van der Waals surface area contributed by atoms with Gasteiger partial charge < -0.3 is 4.74 Å². The molecule has 1 N–H and O–H groups in total. The van der Waals surface area contributed by atoms with Crippen LogP contribution in [0, 0.1) is 0 Å². The molecule has 1 aliphatic heterocycles. The Bertz CT molecular complexity index is 608. The van der Waals surface area contributed by atoms with Crippen molar-refractivity contribution >= 4 is 28.6 Å². The molecule has 1 aromatic rings. The summed E-state index contributed by atoms with van der Waals surface area (Å²) in [6.45, 7) is 4.74. The number of allylic oxidation sites excluding steroid dienone is 2. The van der Waals surface area contributed by atoms with Gasteiger partial charge in [0.1, 0.15) is 4.99 Å². The van der Waals surface area contributed by atoms with Crippen LogP contribution in [0.5, 0.6) is 0 Å². The van der Waals surface area contributed by atoms with Gasteiger partial charge in [0.2, 0.25) is 0 Å². The number of hydrogen-bond donors (Lipinski definition) is 1. The van der Waals surface area contributed by atoms with E-state index >= 15 is 0 Å². The highest BCUT2D eigenvalue weighted by molar-refractivity contribution is 7.80. The molecule has 1 aliphatic rings. The van der Waals surface area contributed by atoms with E-state index in [9.17, 15) is 0 Å². The summed E-state index contributed by atoms with van der Waals surface area (Å²) in [7, 11) is 0. The van der Waals surface area contributed by atoms with Crippen molar-refractivity contribution in [2.24, 2.45) is 10.1 Å². The molecular weight excluding hydrogens is 296 g/mol. The van der Waals surface area contributed by atoms with E-state index in [1.54, 1.807) is 12.4 Å². The smallest absolute Gasteiger partial charge is 0.145 e. The van der Waals surface area contributed by atoms with E-state index in [2.05, 4.69) is 27.1 Å². The lowest BCUT2D eigenvalue weighted by molar-refractivity contribution is 0.174. The third-order valence-corrected chi connectivity index (χ3v) is 3.18. The largest absolute Gasteiger partial charge is 0.375 e.